The number of halogens is 2. The van der Waals surface area contributed by atoms with Gasteiger partial charge in [0.2, 0.25) is 0 Å². The fourth-order valence-corrected chi connectivity index (χ4v) is 2.35. The number of aromatic nitrogens is 1. The molecule has 0 fully saturated rings. The summed E-state index contributed by atoms with van der Waals surface area (Å²) >= 11 is 5.98. The fourth-order valence-electron chi connectivity index (χ4n) is 2.16. The first-order valence-electron chi connectivity index (χ1n) is 6.46. The highest BCUT2D eigenvalue weighted by atomic mass is 35.5. The first-order valence-corrected chi connectivity index (χ1v) is 6.84. The molecule has 3 aromatic rings. The second kappa shape index (κ2) is 5.62. The molecular weight excluding hydrogens is 289 g/mol. The molecule has 1 heterocycles. The SMILES string of the molecule is O=C(Cc1cc(F)ccc1Cl)c1ccc2ccccc2n1. The van der Waals surface area contributed by atoms with Gasteiger partial charge in [0.05, 0.1) is 5.52 Å². The van der Waals surface area contributed by atoms with Gasteiger partial charge >= 0.3 is 0 Å². The first kappa shape index (κ1) is 13.7. The Morgan fingerprint density at radius 2 is 1.90 bits per heavy atom. The molecule has 0 saturated carbocycles. The van der Waals surface area contributed by atoms with E-state index in [0.29, 0.717) is 16.3 Å². The molecule has 0 aliphatic carbocycles. The lowest BCUT2D eigenvalue weighted by Gasteiger charge is -2.05. The number of fused-ring (bicyclic) bond motifs is 1. The zero-order valence-corrected chi connectivity index (χ0v) is 11.8. The number of Topliss-reactive ketones (excluding diaryl/α,β-unsaturated/α-hetero) is 1. The zero-order valence-electron chi connectivity index (χ0n) is 11.0. The van der Waals surface area contributed by atoms with Gasteiger partial charge in [-0.15, -0.1) is 0 Å². The summed E-state index contributed by atoms with van der Waals surface area (Å²) in [6.07, 6.45) is 0.0297. The Morgan fingerprint density at radius 3 is 2.76 bits per heavy atom. The van der Waals surface area contributed by atoms with E-state index in [9.17, 15) is 9.18 Å². The molecule has 0 spiro atoms. The van der Waals surface area contributed by atoms with Crippen molar-refractivity contribution in [1.82, 2.24) is 4.98 Å². The van der Waals surface area contributed by atoms with E-state index < -0.39 is 5.82 Å². The van der Waals surface area contributed by atoms with Crippen molar-refractivity contribution < 1.29 is 9.18 Å². The maximum atomic E-state index is 13.2. The summed E-state index contributed by atoms with van der Waals surface area (Å²) in [5.41, 5.74) is 1.58. The van der Waals surface area contributed by atoms with Crippen LogP contribution in [-0.2, 0) is 6.42 Å². The van der Waals surface area contributed by atoms with Crippen molar-refractivity contribution in [2.75, 3.05) is 0 Å². The van der Waals surface area contributed by atoms with Gasteiger partial charge in [-0.05, 0) is 35.9 Å². The van der Waals surface area contributed by atoms with E-state index in [-0.39, 0.29) is 12.2 Å². The molecule has 1 aromatic heterocycles. The summed E-state index contributed by atoms with van der Waals surface area (Å²) in [5, 5.41) is 1.35. The molecule has 0 amide bonds. The number of benzene rings is 2. The van der Waals surface area contributed by atoms with E-state index in [4.69, 9.17) is 11.6 Å². The third-order valence-corrected chi connectivity index (χ3v) is 3.61. The van der Waals surface area contributed by atoms with Crippen LogP contribution in [0.5, 0.6) is 0 Å². The third-order valence-electron chi connectivity index (χ3n) is 3.24. The van der Waals surface area contributed by atoms with E-state index in [1.807, 2.05) is 30.3 Å². The van der Waals surface area contributed by atoms with Crippen LogP contribution in [0, 0.1) is 5.82 Å². The van der Waals surface area contributed by atoms with Crippen molar-refractivity contribution in [1.29, 1.82) is 0 Å². The Labute approximate surface area is 126 Å². The maximum Gasteiger partial charge on any atom is 0.185 e. The molecule has 2 aromatic carbocycles. The van der Waals surface area contributed by atoms with E-state index in [1.54, 1.807) is 6.07 Å². The summed E-state index contributed by atoms with van der Waals surface area (Å²) < 4.78 is 13.2. The molecule has 0 radical (unpaired) electrons. The van der Waals surface area contributed by atoms with Crippen LogP contribution in [-0.4, -0.2) is 10.8 Å². The number of hydrogen-bond acceptors (Lipinski definition) is 2. The van der Waals surface area contributed by atoms with Crippen molar-refractivity contribution in [3.05, 3.63) is 76.7 Å². The average molecular weight is 300 g/mol. The van der Waals surface area contributed by atoms with Gasteiger partial charge in [-0.1, -0.05) is 35.9 Å². The molecule has 0 atom stereocenters. The summed E-state index contributed by atoms with van der Waals surface area (Å²) in [6, 6.07) is 15.1. The Bertz CT molecular complexity index is 832. The lowest BCUT2D eigenvalue weighted by Crippen LogP contribution is -2.06. The minimum Gasteiger partial charge on any atom is -0.292 e. The second-order valence-corrected chi connectivity index (χ2v) is 5.13. The first-order chi connectivity index (χ1) is 10.1. The van der Waals surface area contributed by atoms with E-state index in [1.165, 1.54) is 18.2 Å². The molecule has 0 saturated heterocycles. The summed E-state index contributed by atoms with van der Waals surface area (Å²) in [7, 11) is 0. The molecule has 0 aliphatic rings. The van der Waals surface area contributed by atoms with E-state index >= 15 is 0 Å². The second-order valence-electron chi connectivity index (χ2n) is 4.72. The molecule has 2 nitrogen and oxygen atoms in total. The van der Waals surface area contributed by atoms with Gasteiger partial charge in [0.15, 0.2) is 5.78 Å². The van der Waals surface area contributed by atoms with Crippen LogP contribution in [0.3, 0.4) is 0 Å². The van der Waals surface area contributed by atoms with Gasteiger partial charge in [0.25, 0.3) is 0 Å². The van der Waals surface area contributed by atoms with Gasteiger partial charge in [0.1, 0.15) is 11.5 Å². The quantitative estimate of drug-likeness (QED) is 0.669. The summed E-state index contributed by atoms with van der Waals surface area (Å²) in [4.78, 5) is 16.6. The van der Waals surface area contributed by atoms with Crippen molar-refractivity contribution in [3.8, 4) is 0 Å². The van der Waals surface area contributed by atoms with Crippen LogP contribution in [0.1, 0.15) is 16.1 Å². The molecule has 104 valence electrons. The topological polar surface area (TPSA) is 30.0 Å². The number of carbonyl (C=O) groups excluding carboxylic acids is 1. The predicted molar refractivity (Wildman–Crippen MR) is 81.2 cm³/mol. The lowest BCUT2D eigenvalue weighted by molar-refractivity contribution is 0.0988. The van der Waals surface area contributed by atoms with Gasteiger partial charge in [-0.2, -0.15) is 0 Å². The molecule has 3 rings (SSSR count). The number of ketones is 1. The zero-order chi connectivity index (χ0) is 14.8. The van der Waals surface area contributed by atoms with Crippen molar-refractivity contribution in [2.24, 2.45) is 0 Å². The van der Waals surface area contributed by atoms with Crippen LogP contribution in [0.15, 0.2) is 54.6 Å². The van der Waals surface area contributed by atoms with E-state index in [0.717, 1.165) is 10.9 Å². The summed E-state index contributed by atoms with van der Waals surface area (Å²) in [5.74, 6) is -0.595. The van der Waals surface area contributed by atoms with Gasteiger partial charge in [-0.25, -0.2) is 9.37 Å². The smallest absolute Gasteiger partial charge is 0.185 e. The fraction of sp³-hybridized carbons (Fsp3) is 0.0588. The van der Waals surface area contributed by atoms with Crippen molar-refractivity contribution >= 4 is 28.3 Å². The highest BCUT2D eigenvalue weighted by Crippen LogP contribution is 2.19. The van der Waals surface area contributed by atoms with Crippen LogP contribution >= 0.6 is 11.6 Å². The number of carbonyl (C=O) groups is 1. The number of para-hydroxylation sites is 1. The number of pyridine rings is 1. The predicted octanol–water partition coefficient (Wildman–Crippen LogP) is 4.45. The van der Waals surface area contributed by atoms with Crippen LogP contribution in [0.25, 0.3) is 10.9 Å². The number of rotatable bonds is 3. The molecule has 0 unspecified atom stereocenters. The van der Waals surface area contributed by atoms with Gasteiger partial charge < -0.3 is 0 Å². The molecule has 21 heavy (non-hydrogen) atoms. The monoisotopic (exact) mass is 299 g/mol. The molecular formula is C17H11ClFNO. The minimum absolute atomic E-state index is 0.0297. The Hall–Kier alpha value is -2.26. The van der Waals surface area contributed by atoms with Crippen LogP contribution in [0.4, 0.5) is 4.39 Å². The number of hydrogen-bond donors (Lipinski definition) is 0. The summed E-state index contributed by atoms with van der Waals surface area (Å²) in [6.45, 7) is 0. The molecule has 4 heteroatoms. The standard InChI is InChI=1S/C17H11ClFNO/c18-14-7-6-13(19)9-12(14)10-17(21)16-8-5-11-3-1-2-4-15(11)20-16/h1-9H,10H2. The Kier molecular flexibility index (Phi) is 3.67. The normalized spacial score (nSPS) is 10.8. The Morgan fingerprint density at radius 1 is 1.10 bits per heavy atom. The molecule has 0 aliphatic heterocycles. The van der Waals surface area contributed by atoms with Crippen LogP contribution in [0.2, 0.25) is 5.02 Å². The van der Waals surface area contributed by atoms with E-state index in [2.05, 4.69) is 4.98 Å². The third kappa shape index (κ3) is 2.93. The Balaban J connectivity index is 1.91. The van der Waals surface area contributed by atoms with Crippen LogP contribution < -0.4 is 0 Å². The van der Waals surface area contributed by atoms with Gasteiger partial charge in [0, 0.05) is 16.8 Å². The van der Waals surface area contributed by atoms with Gasteiger partial charge in [-0.3, -0.25) is 4.79 Å². The maximum absolute atomic E-state index is 13.2. The highest BCUT2D eigenvalue weighted by molar-refractivity contribution is 6.31. The molecule has 0 bridgehead atoms. The number of nitrogens with zero attached hydrogens (tertiary/aromatic N) is 1. The molecule has 0 N–H and O–H groups in total. The largest absolute Gasteiger partial charge is 0.292 e. The van der Waals surface area contributed by atoms with Crippen molar-refractivity contribution in [2.45, 2.75) is 6.42 Å². The minimum atomic E-state index is -0.409. The highest BCUT2D eigenvalue weighted by Gasteiger charge is 2.12. The lowest BCUT2D eigenvalue weighted by atomic mass is 10.1. The van der Waals surface area contributed by atoms with Crippen molar-refractivity contribution in [3.63, 3.8) is 0 Å². The average Bonchev–Trinajstić information content (AvgIpc) is 2.50.